The smallest absolute Gasteiger partial charge is 0.303 e. The molecule has 8 heteroatoms. The molecule has 0 radical (unpaired) electrons. The van der Waals surface area contributed by atoms with Crippen LogP contribution in [0.2, 0.25) is 0 Å². The molecule has 144 valence electrons. The lowest BCUT2D eigenvalue weighted by atomic mass is 10.1. The molecule has 0 heterocycles. The van der Waals surface area contributed by atoms with Gasteiger partial charge in [0.1, 0.15) is 24.9 Å². The average Bonchev–Trinajstić information content (AvgIpc) is 2.58. The molecule has 0 saturated carbocycles. The first-order valence-corrected chi connectivity index (χ1v) is 8.32. The number of aliphatic hydroxyl groups is 5. The number of carboxylic acid groups (broad SMARTS) is 1. The molecule has 0 aliphatic carbocycles. The Morgan fingerprint density at radius 1 is 0.875 bits per heavy atom. The molecule has 0 fully saturated rings. The third-order valence-corrected chi connectivity index (χ3v) is 3.38. The fraction of sp³-hybridized carbons (Fsp3) is 0.875. The summed E-state index contributed by atoms with van der Waals surface area (Å²) in [7, 11) is 0. The first-order chi connectivity index (χ1) is 11.3. The minimum absolute atomic E-state index is 0.341. The first-order valence-electron chi connectivity index (χ1n) is 8.32. The highest BCUT2D eigenvalue weighted by atomic mass is 16.4. The Kier molecular flexibility index (Phi) is 17.6. The maximum atomic E-state index is 10.5. The topological polar surface area (TPSA) is 156 Å². The van der Waals surface area contributed by atoms with Gasteiger partial charge in [-0.25, -0.2) is 0 Å². The molecule has 6 N–H and O–H groups in total. The van der Waals surface area contributed by atoms with Crippen LogP contribution in [0.1, 0.15) is 58.3 Å². The Labute approximate surface area is 142 Å². The van der Waals surface area contributed by atoms with E-state index in [0.29, 0.717) is 6.42 Å². The summed E-state index contributed by atoms with van der Waals surface area (Å²) in [6.07, 6.45) is 3.42. The monoisotopic (exact) mass is 352 g/mol. The lowest BCUT2D eigenvalue weighted by Crippen LogP contribution is -2.44. The molecule has 24 heavy (non-hydrogen) atoms. The number of hydrogen-bond donors (Lipinski definition) is 6. The van der Waals surface area contributed by atoms with Crippen LogP contribution in [0.25, 0.3) is 0 Å². The summed E-state index contributed by atoms with van der Waals surface area (Å²) >= 11 is 0. The summed E-state index contributed by atoms with van der Waals surface area (Å²) in [6, 6.07) is 0. The van der Waals surface area contributed by atoms with Gasteiger partial charge in [-0.1, -0.05) is 45.4 Å². The van der Waals surface area contributed by atoms with Crippen LogP contribution in [0.15, 0.2) is 0 Å². The van der Waals surface area contributed by atoms with Gasteiger partial charge in [0.2, 0.25) is 0 Å². The standard InChI is InChI=1S/C10H20O2.C6H12O6/c1-2-3-4-5-6-7-8-9-10(11)12;7-1-3(9)5(11)6(12)4(10)2-8/h2-9H2,1H3,(H,11,12);3,5-9,11-12H,1-2H2/t;3-,5-,6-/m.1/s1. The van der Waals surface area contributed by atoms with Gasteiger partial charge in [-0.3, -0.25) is 9.59 Å². The van der Waals surface area contributed by atoms with Crippen LogP contribution in [0, 0.1) is 0 Å². The van der Waals surface area contributed by atoms with E-state index in [1.807, 2.05) is 0 Å². The van der Waals surface area contributed by atoms with E-state index < -0.39 is 43.3 Å². The largest absolute Gasteiger partial charge is 0.481 e. The number of aliphatic carboxylic acids is 1. The molecule has 0 spiro atoms. The molecule has 0 amide bonds. The molecule has 0 unspecified atom stereocenters. The number of carbonyl (C=O) groups is 2. The van der Waals surface area contributed by atoms with Crippen LogP contribution in [0.3, 0.4) is 0 Å². The zero-order valence-electron chi connectivity index (χ0n) is 14.3. The van der Waals surface area contributed by atoms with Crippen molar-refractivity contribution in [1.29, 1.82) is 0 Å². The van der Waals surface area contributed by atoms with Crippen molar-refractivity contribution < 1.29 is 40.2 Å². The number of aliphatic hydroxyl groups excluding tert-OH is 5. The van der Waals surface area contributed by atoms with Gasteiger partial charge < -0.3 is 30.6 Å². The van der Waals surface area contributed by atoms with Gasteiger partial charge >= 0.3 is 5.97 Å². The van der Waals surface area contributed by atoms with Gasteiger partial charge in [-0.2, -0.15) is 0 Å². The second kappa shape index (κ2) is 16.8. The van der Waals surface area contributed by atoms with E-state index in [1.54, 1.807) is 0 Å². The Bertz CT molecular complexity index is 321. The minimum atomic E-state index is -1.86. The van der Waals surface area contributed by atoms with E-state index in [0.717, 1.165) is 12.8 Å². The van der Waals surface area contributed by atoms with Crippen LogP contribution in [0.5, 0.6) is 0 Å². The molecule has 3 atom stereocenters. The van der Waals surface area contributed by atoms with Crippen molar-refractivity contribution in [3.05, 3.63) is 0 Å². The van der Waals surface area contributed by atoms with Crippen LogP contribution in [-0.2, 0) is 9.59 Å². The summed E-state index contributed by atoms with van der Waals surface area (Å²) in [6.45, 7) is 0.512. The second-order valence-electron chi connectivity index (χ2n) is 5.57. The maximum absolute atomic E-state index is 10.5. The normalized spacial score (nSPS) is 14.2. The van der Waals surface area contributed by atoms with Gasteiger partial charge in [-0.15, -0.1) is 0 Å². The molecule has 0 rings (SSSR count). The van der Waals surface area contributed by atoms with Crippen molar-refractivity contribution in [3.8, 4) is 0 Å². The molecular formula is C16H32O8. The maximum Gasteiger partial charge on any atom is 0.303 e. The van der Waals surface area contributed by atoms with Crippen molar-refractivity contribution in [3.63, 3.8) is 0 Å². The number of rotatable bonds is 13. The first kappa shape index (κ1) is 25.2. The third-order valence-electron chi connectivity index (χ3n) is 3.38. The van der Waals surface area contributed by atoms with Gasteiger partial charge in [0.15, 0.2) is 5.78 Å². The van der Waals surface area contributed by atoms with E-state index in [1.165, 1.54) is 32.1 Å². The lowest BCUT2D eigenvalue weighted by Gasteiger charge is -2.19. The van der Waals surface area contributed by atoms with Crippen molar-refractivity contribution in [2.45, 2.75) is 76.6 Å². The zero-order chi connectivity index (χ0) is 19.0. The summed E-state index contributed by atoms with van der Waals surface area (Å²) < 4.78 is 0. The number of hydrogen-bond acceptors (Lipinski definition) is 7. The Morgan fingerprint density at radius 3 is 1.79 bits per heavy atom. The fourth-order valence-corrected chi connectivity index (χ4v) is 1.84. The fourth-order valence-electron chi connectivity index (χ4n) is 1.84. The molecule has 0 bridgehead atoms. The van der Waals surface area contributed by atoms with Crippen LogP contribution < -0.4 is 0 Å². The van der Waals surface area contributed by atoms with Gasteiger partial charge in [-0.05, 0) is 6.42 Å². The summed E-state index contributed by atoms with van der Waals surface area (Å²) in [5.41, 5.74) is 0. The van der Waals surface area contributed by atoms with Crippen LogP contribution in [0.4, 0.5) is 0 Å². The summed E-state index contributed by atoms with van der Waals surface area (Å²) in [5.74, 6) is -1.67. The van der Waals surface area contributed by atoms with Gasteiger partial charge in [0.25, 0.3) is 0 Å². The average molecular weight is 352 g/mol. The van der Waals surface area contributed by atoms with Gasteiger partial charge in [0, 0.05) is 6.42 Å². The van der Waals surface area contributed by atoms with E-state index in [9.17, 15) is 9.59 Å². The highest BCUT2D eigenvalue weighted by Crippen LogP contribution is 2.07. The minimum Gasteiger partial charge on any atom is -0.481 e. The number of unbranched alkanes of at least 4 members (excludes halogenated alkanes) is 6. The highest BCUT2D eigenvalue weighted by molar-refractivity contribution is 5.84. The zero-order valence-corrected chi connectivity index (χ0v) is 14.3. The lowest BCUT2D eigenvalue weighted by molar-refractivity contribution is -0.142. The molecule has 0 aliphatic heterocycles. The van der Waals surface area contributed by atoms with E-state index in [4.69, 9.17) is 30.6 Å². The quantitative estimate of drug-likeness (QED) is 0.250. The molecule has 0 aromatic carbocycles. The Hall–Kier alpha value is -1.06. The van der Waals surface area contributed by atoms with Crippen molar-refractivity contribution >= 4 is 11.8 Å². The van der Waals surface area contributed by atoms with E-state index in [2.05, 4.69) is 6.92 Å². The molecule has 0 aromatic rings. The molecule has 0 saturated heterocycles. The number of carbonyl (C=O) groups excluding carboxylic acids is 1. The molecule has 0 aliphatic rings. The van der Waals surface area contributed by atoms with Crippen LogP contribution in [-0.4, -0.2) is 73.9 Å². The van der Waals surface area contributed by atoms with E-state index in [-0.39, 0.29) is 0 Å². The van der Waals surface area contributed by atoms with Gasteiger partial charge in [0.05, 0.1) is 6.61 Å². The van der Waals surface area contributed by atoms with E-state index >= 15 is 0 Å². The summed E-state index contributed by atoms with van der Waals surface area (Å²) in [5, 5.41) is 51.4. The number of ketones is 1. The number of Topliss-reactive ketones (excluding diaryl/α,β-unsaturated/α-hetero) is 1. The molecule has 8 nitrogen and oxygen atoms in total. The van der Waals surface area contributed by atoms with Crippen LogP contribution >= 0.6 is 0 Å². The third kappa shape index (κ3) is 14.5. The predicted molar refractivity (Wildman–Crippen MR) is 87.4 cm³/mol. The highest BCUT2D eigenvalue weighted by Gasteiger charge is 2.28. The Balaban J connectivity index is 0. The second-order valence-corrected chi connectivity index (χ2v) is 5.57. The summed E-state index contributed by atoms with van der Waals surface area (Å²) in [4.78, 5) is 20.7. The Morgan fingerprint density at radius 2 is 1.38 bits per heavy atom. The SMILES string of the molecule is CCCCCCCCCC(=O)O.O=C(CO)[C@@H](O)[C@H](O)[C@H](O)CO. The van der Waals surface area contributed by atoms with Crippen molar-refractivity contribution in [1.82, 2.24) is 0 Å². The number of carboxylic acids is 1. The molecule has 0 aromatic heterocycles. The predicted octanol–water partition coefficient (Wildman–Crippen LogP) is -0.165. The molecular weight excluding hydrogens is 320 g/mol. The van der Waals surface area contributed by atoms with Crippen molar-refractivity contribution in [2.24, 2.45) is 0 Å². The van der Waals surface area contributed by atoms with Crippen molar-refractivity contribution in [2.75, 3.05) is 13.2 Å².